The molecule has 0 N–H and O–H groups in total. The Labute approximate surface area is 180 Å². The van der Waals surface area contributed by atoms with Gasteiger partial charge in [0.2, 0.25) is 5.91 Å². The van der Waals surface area contributed by atoms with Crippen molar-refractivity contribution in [3.8, 4) is 0 Å². The molecular formula is C20H15BrClN3O4. The van der Waals surface area contributed by atoms with Gasteiger partial charge in [-0.2, -0.15) is 5.10 Å². The van der Waals surface area contributed by atoms with Crippen LogP contribution in [0.2, 0.25) is 5.02 Å². The molecule has 2 aliphatic rings. The van der Waals surface area contributed by atoms with Gasteiger partial charge < -0.3 is 4.74 Å². The van der Waals surface area contributed by atoms with E-state index < -0.39 is 29.7 Å². The topological polar surface area (TPSA) is 79.3 Å². The van der Waals surface area contributed by atoms with E-state index >= 15 is 0 Å². The van der Waals surface area contributed by atoms with Gasteiger partial charge >= 0.3 is 5.97 Å². The normalized spacial score (nSPS) is 20.7. The van der Waals surface area contributed by atoms with Crippen molar-refractivity contribution in [3.05, 3.63) is 58.0 Å². The maximum atomic E-state index is 13.3. The molecule has 29 heavy (non-hydrogen) atoms. The number of ether oxygens (including phenoxy) is 1. The van der Waals surface area contributed by atoms with Crippen molar-refractivity contribution in [1.82, 2.24) is 0 Å². The van der Waals surface area contributed by atoms with Crippen LogP contribution in [0.3, 0.4) is 0 Å². The van der Waals surface area contributed by atoms with Crippen molar-refractivity contribution < 1.29 is 19.1 Å². The van der Waals surface area contributed by atoms with E-state index in [9.17, 15) is 14.4 Å². The van der Waals surface area contributed by atoms with E-state index in [-0.39, 0.29) is 12.3 Å². The minimum atomic E-state index is -1.05. The predicted molar refractivity (Wildman–Crippen MR) is 112 cm³/mol. The summed E-state index contributed by atoms with van der Waals surface area (Å²) >= 11 is 9.40. The first-order valence-electron chi connectivity index (χ1n) is 8.86. The summed E-state index contributed by atoms with van der Waals surface area (Å²) in [5.41, 5.74) is 0.847. The van der Waals surface area contributed by atoms with Crippen LogP contribution in [0.1, 0.15) is 6.92 Å². The largest absolute Gasteiger partial charge is 0.461 e. The summed E-state index contributed by atoms with van der Waals surface area (Å²) in [6.45, 7) is 1.80. The van der Waals surface area contributed by atoms with E-state index in [1.807, 2.05) is 0 Å². The molecule has 2 aromatic carbocycles. The third-order valence-electron chi connectivity index (χ3n) is 4.69. The molecule has 0 aliphatic carbocycles. The van der Waals surface area contributed by atoms with E-state index in [1.165, 1.54) is 11.1 Å². The molecule has 4 rings (SSSR count). The fourth-order valence-corrected chi connectivity index (χ4v) is 3.91. The summed E-state index contributed by atoms with van der Waals surface area (Å²) in [6.07, 6.45) is 0. The summed E-state index contributed by atoms with van der Waals surface area (Å²) in [6, 6.07) is 12.6. The van der Waals surface area contributed by atoms with Gasteiger partial charge in [0, 0.05) is 9.50 Å². The maximum Gasteiger partial charge on any atom is 0.355 e. The van der Waals surface area contributed by atoms with Crippen molar-refractivity contribution in [2.24, 2.45) is 11.0 Å². The lowest BCUT2D eigenvalue weighted by molar-refractivity contribution is -0.136. The highest BCUT2D eigenvalue weighted by Gasteiger charge is 2.59. The minimum absolute atomic E-state index is 0.0809. The maximum absolute atomic E-state index is 13.3. The molecule has 0 bridgehead atoms. The number of nitrogens with zero attached hydrogens (tertiary/aromatic N) is 3. The molecule has 9 heteroatoms. The monoisotopic (exact) mass is 475 g/mol. The van der Waals surface area contributed by atoms with Crippen molar-refractivity contribution in [2.45, 2.75) is 13.0 Å². The highest BCUT2D eigenvalue weighted by molar-refractivity contribution is 9.10. The van der Waals surface area contributed by atoms with Gasteiger partial charge in [-0.25, -0.2) is 9.69 Å². The first-order chi connectivity index (χ1) is 13.9. The van der Waals surface area contributed by atoms with E-state index in [1.54, 1.807) is 49.4 Å². The van der Waals surface area contributed by atoms with Gasteiger partial charge in [0.15, 0.2) is 5.71 Å². The molecule has 1 fully saturated rings. The van der Waals surface area contributed by atoms with Crippen molar-refractivity contribution >= 4 is 62.4 Å². The summed E-state index contributed by atoms with van der Waals surface area (Å²) in [7, 11) is 0. The molecule has 2 aliphatic heterocycles. The number of hydrogen-bond acceptors (Lipinski definition) is 6. The Bertz CT molecular complexity index is 1040. The van der Waals surface area contributed by atoms with Crippen LogP contribution in [0.25, 0.3) is 0 Å². The Balaban J connectivity index is 1.79. The predicted octanol–water partition coefficient (Wildman–Crippen LogP) is 3.40. The Morgan fingerprint density at radius 3 is 2.52 bits per heavy atom. The molecule has 2 atom stereocenters. The molecule has 7 nitrogen and oxygen atoms in total. The van der Waals surface area contributed by atoms with Crippen LogP contribution in [0, 0.1) is 5.92 Å². The van der Waals surface area contributed by atoms with Crippen molar-refractivity contribution in [1.29, 1.82) is 0 Å². The Kier molecular flexibility index (Phi) is 5.14. The molecule has 2 aromatic rings. The number of rotatable bonds is 4. The molecule has 0 saturated carbocycles. The zero-order chi connectivity index (χ0) is 20.7. The molecule has 2 amide bonds. The zero-order valence-corrected chi connectivity index (χ0v) is 17.6. The van der Waals surface area contributed by atoms with Crippen LogP contribution in [0.4, 0.5) is 11.4 Å². The molecular weight excluding hydrogens is 462 g/mol. The number of benzene rings is 2. The quantitative estimate of drug-likeness (QED) is 0.499. The standard InChI is InChI=1S/C20H15BrClN3O4/c1-2-29-20(28)16-15-17(25(23-16)13-8-6-11(21)7-9-13)19(27)24(18(15)26)14-5-3-4-12(22)10-14/h3-10,15,17H,2H2,1H3/t15-,17+/m0/s1. The van der Waals surface area contributed by atoms with Crippen LogP contribution >= 0.6 is 27.5 Å². The van der Waals surface area contributed by atoms with Gasteiger partial charge in [-0.3, -0.25) is 14.6 Å². The number of amides is 2. The zero-order valence-electron chi connectivity index (χ0n) is 15.2. The van der Waals surface area contributed by atoms with E-state index in [0.717, 1.165) is 9.37 Å². The molecule has 0 radical (unpaired) electrons. The highest BCUT2D eigenvalue weighted by Crippen LogP contribution is 2.38. The highest BCUT2D eigenvalue weighted by atomic mass is 79.9. The number of imide groups is 1. The minimum Gasteiger partial charge on any atom is -0.461 e. The number of hydrogen-bond donors (Lipinski definition) is 0. The van der Waals surface area contributed by atoms with Crippen molar-refractivity contribution in [3.63, 3.8) is 0 Å². The second-order valence-electron chi connectivity index (χ2n) is 6.44. The van der Waals surface area contributed by atoms with E-state index in [2.05, 4.69) is 21.0 Å². The lowest BCUT2D eigenvalue weighted by atomic mass is 9.98. The second kappa shape index (κ2) is 7.61. The van der Waals surface area contributed by atoms with Crippen LogP contribution in [-0.4, -0.2) is 36.1 Å². The lowest BCUT2D eigenvalue weighted by Crippen LogP contribution is -2.39. The molecule has 0 spiro atoms. The second-order valence-corrected chi connectivity index (χ2v) is 7.79. The first-order valence-corrected chi connectivity index (χ1v) is 10.0. The Morgan fingerprint density at radius 2 is 1.86 bits per heavy atom. The van der Waals surface area contributed by atoms with Crippen LogP contribution in [0.15, 0.2) is 58.1 Å². The van der Waals surface area contributed by atoms with Crippen LogP contribution in [-0.2, 0) is 19.1 Å². The fourth-order valence-electron chi connectivity index (χ4n) is 3.47. The van der Waals surface area contributed by atoms with E-state index in [0.29, 0.717) is 16.4 Å². The summed E-state index contributed by atoms with van der Waals surface area (Å²) in [4.78, 5) is 40.0. The summed E-state index contributed by atoms with van der Waals surface area (Å²) in [5, 5.41) is 6.11. The summed E-state index contributed by atoms with van der Waals surface area (Å²) in [5.74, 6) is -2.78. The molecule has 2 heterocycles. The number of esters is 1. The van der Waals surface area contributed by atoms with Crippen LogP contribution < -0.4 is 9.91 Å². The average molecular weight is 477 g/mol. The van der Waals surface area contributed by atoms with Gasteiger partial charge in [0.05, 0.1) is 18.0 Å². The SMILES string of the molecule is CCOC(=O)C1=NN(c2ccc(Br)cc2)[C@H]2C(=O)N(c3cccc(Cl)c3)C(=O)[C@@H]12. The number of carbonyl (C=O) groups excluding carboxylic acids is 3. The Hall–Kier alpha value is -2.71. The molecule has 1 saturated heterocycles. The van der Waals surface area contributed by atoms with E-state index in [4.69, 9.17) is 16.3 Å². The lowest BCUT2D eigenvalue weighted by Gasteiger charge is -2.22. The average Bonchev–Trinajstić information content (AvgIpc) is 3.20. The molecule has 0 unspecified atom stereocenters. The third kappa shape index (κ3) is 3.32. The van der Waals surface area contributed by atoms with Gasteiger partial charge in [-0.15, -0.1) is 0 Å². The fraction of sp³-hybridized carbons (Fsp3) is 0.200. The number of fused-ring (bicyclic) bond motifs is 1. The smallest absolute Gasteiger partial charge is 0.355 e. The molecule has 148 valence electrons. The van der Waals surface area contributed by atoms with Gasteiger partial charge in [-0.05, 0) is 49.4 Å². The third-order valence-corrected chi connectivity index (χ3v) is 5.46. The van der Waals surface area contributed by atoms with Gasteiger partial charge in [-0.1, -0.05) is 33.6 Å². The van der Waals surface area contributed by atoms with Gasteiger partial charge in [0.1, 0.15) is 12.0 Å². The van der Waals surface area contributed by atoms with Crippen LogP contribution in [0.5, 0.6) is 0 Å². The van der Waals surface area contributed by atoms with Crippen molar-refractivity contribution in [2.75, 3.05) is 16.5 Å². The molecule has 0 aromatic heterocycles. The number of anilines is 2. The number of hydrazone groups is 1. The number of halogens is 2. The first kappa shape index (κ1) is 19.6. The summed E-state index contributed by atoms with van der Waals surface area (Å²) < 4.78 is 5.92. The number of carbonyl (C=O) groups is 3. The van der Waals surface area contributed by atoms with Gasteiger partial charge in [0.25, 0.3) is 5.91 Å². The Morgan fingerprint density at radius 1 is 1.14 bits per heavy atom.